The van der Waals surface area contributed by atoms with Gasteiger partial charge in [-0.15, -0.1) is 0 Å². The molecule has 1 aliphatic rings. The van der Waals surface area contributed by atoms with E-state index in [0.29, 0.717) is 17.7 Å². The van der Waals surface area contributed by atoms with E-state index in [4.69, 9.17) is 0 Å². The number of anilines is 1. The van der Waals surface area contributed by atoms with Crippen molar-refractivity contribution in [2.45, 2.75) is 39.5 Å². The Kier molecular flexibility index (Phi) is 5.71. The fourth-order valence-corrected chi connectivity index (χ4v) is 3.40. The Morgan fingerprint density at radius 2 is 1.73 bits per heavy atom. The number of carbonyl (C=O) groups is 2. The van der Waals surface area contributed by atoms with Crippen LogP contribution in [0.1, 0.15) is 46.3 Å². The number of amides is 2. The molecule has 0 aromatic heterocycles. The number of carbonyl (C=O) groups excluding carboxylic acids is 2. The van der Waals surface area contributed by atoms with E-state index in [1.807, 2.05) is 49.1 Å². The lowest BCUT2D eigenvalue weighted by atomic mass is 10.0. The van der Waals surface area contributed by atoms with E-state index in [2.05, 4.69) is 5.32 Å². The standard InChI is InChI=1S/C22H26N2O2/c1-16-10-11-17(2)18(14-16)15-21(25)23-20-9-5-4-8-19(20)22(26)24-12-6-3-7-13-24/h4-5,8-11,14H,3,6-7,12-13,15H2,1-2H3,(H,23,25). The summed E-state index contributed by atoms with van der Waals surface area (Å²) in [5.74, 6) is -0.0927. The van der Waals surface area contributed by atoms with Gasteiger partial charge >= 0.3 is 0 Å². The van der Waals surface area contributed by atoms with Crippen LogP contribution in [-0.4, -0.2) is 29.8 Å². The molecule has 2 amide bonds. The van der Waals surface area contributed by atoms with Gasteiger partial charge in [-0.25, -0.2) is 0 Å². The van der Waals surface area contributed by atoms with E-state index in [9.17, 15) is 9.59 Å². The molecule has 1 saturated heterocycles. The summed E-state index contributed by atoms with van der Waals surface area (Å²) in [7, 11) is 0. The van der Waals surface area contributed by atoms with Gasteiger partial charge in [-0.3, -0.25) is 9.59 Å². The largest absolute Gasteiger partial charge is 0.339 e. The van der Waals surface area contributed by atoms with E-state index in [-0.39, 0.29) is 11.8 Å². The number of piperidine rings is 1. The second-order valence-corrected chi connectivity index (χ2v) is 7.05. The maximum Gasteiger partial charge on any atom is 0.255 e. The molecule has 1 aliphatic heterocycles. The number of nitrogens with zero attached hydrogens (tertiary/aromatic N) is 1. The number of aryl methyl sites for hydroxylation is 2. The van der Waals surface area contributed by atoms with Crippen molar-refractivity contribution in [3.63, 3.8) is 0 Å². The molecular weight excluding hydrogens is 324 g/mol. The molecule has 0 atom stereocenters. The van der Waals surface area contributed by atoms with Gasteiger partial charge in [-0.2, -0.15) is 0 Å². The van der Waals surface area contributed by atoms with Crippen molar-refractivity contribution in [2.24, 2.45) is 0 Å². The number of hydrogen-bond acceptors (Lipinski definition) is 2. The zero-order valence-electron chi connectivity index (χ0n) is 15.5. The summed E-state index contributed by atoms with van der Waals surface area (Å²) in [6.45, 7) is 5.62. The number of nitrogens with one attached hydrogen (secondary N) is 1. The average molecular weight is 350 g/mol. The van der Waals surface area contributed by atoms with Crippen molar-refractivity contribution in [1.82, 2.24) is 4.90 Å². The van der Waals surface area contributed by atoms with Crippen LogP contribution in [0.2, 0.25) is 0 Å². The average Bonchev–Trinajstić information content (AvgIpc) is 2.65. The molecule has 4 nitrogen and oxygen atoms in total. The van der Waals surface area contributed by atoms with Gasteiger partial charge in [-0.1, -0.05) is 35.9 Å². The molecule has 3 rings (SSSR count). The highest BCUT2D eigenvalue weighted by atomic mass is 16.2. The molecule has 4 heteroatoms. The number of benzene rings is 2. The van der Waals surface area contributed by atoms with Crippen molar-refractivity contribution in [3.8, 4) is 0 Å². The van der Waals surface area contributed by atoms with Crippen molar-refractivity contribution < 1.29 is 9.59 Å². The SMILES string of the molecule is Cc1ccc(C)c(CC(=O)Nc2ccccc2C(=O)N2CCCCC2)c1. The third kappa shape index (κ3) is 4.31. The van der Waals surface area contributed by atoms with Crippen LogP contribution in [0.4, 0.5) is 5.69 Å². The minimum absolute atomic E-state index is 0.00679. The maximum atomic E-state index is 12.8. The zero-order valence-corrected chi connectivity index (χ0v) is 15.5. The van der Waals surface area contributed by atoms with E-state index < -0.39 is 0 Å². The van der Waals surface area contributed by atoms with Crippen LogP contribution in [0.5, 0.6) is 0 Å². The van der Waals surface area contributed by atoms with Crippen LogP contribution in [0.25, 0.3) is 0 Å². The minimum atomic E-state index is -0.0994. The highest BCUT2D eigenvalue weighted by Crippen LogP contribution is 2.21. The summed E-state index contributed by atoms with van der Waals surface area (Å²) in [5.41, 5.74) is 4.42. The van der Waals surface area contributed by atoms with E-state index in [1.165, 1.54) is 6.42 Å². The Balaban J connectivity index is 1.74. The van der Waals surface area contributed by atoms with Crippen LogP contribution in [0, 0.1) is 13.8 Å². The molecule has 1 heterocycles. The summed E-state index contributed by atoms with van der Waals surface area (Å²) in [6.07, 6.45) is 3.58. The highest BCUT2D eigenvalue weighted by Gasteiger charge is 2.21. The van der Waals surface area contributed by atoms with Gasteiger partial charge in [0.2, 0.25) is 5.91 Å². The van der Waals surface area contributed by atoms with Crippen LogP contribution in [-0.2, 0) is 11.2 Å². The molecule has 2 aromatic rings. The quantitative estimate of drug-likeness (QED) is 0.902. The fourth-order valence-electron chi connectivity index (χ4n) is 3.40. The number of likely N-dealkylation sites (tertiary alicyclic amines) is 1. The molecule has 0 radical (unpaired) electrons. The molecule has 1 N–H and O–H groups in total. The van der Waals surface area contributed by atoms with Crippen LogP contribution >= 0.6 is 0 Å². The first-order chi connectivity index (χ1) is 12.5. The van der Waals surface area contributed by atoms with Crippen molar-refractivity contribution >= 4 is 17.5 Å². The van der Waals surface area contributed by atoms with Gasteiger partial charge in [0.25, 0.3) is 5.91 Å². The predicted molar refractivity (Wildman–Crippen MR) is 104 cm³/mol. The minimum Gasteiger partial charge on any atom is -0.339 e. The van der Waals surface area contributed by atoms with Crippen molar-refractivity contribution in [2.75, 3.05) is 18.4 Å². The summed E-state index contributed by atoms with van der Waals surface area (Å²) in [5, 5.41) is 2.94. The Labute approximate surface area is 155 Å². The van der Waals surface area contributed by atoms with E-state index in [0.717, 1.165) is 42.6 Å². The number of para-hydroxylation sites is 1. The third-order valence-corrected chi connectivity index (χ3v) is 4.93. The van der Waals surface area contributed by atoms with Crippen LogP contribution in [0.3, 0.4) is 0 Å². The lowest BCUT2D eigenvalue weighted by molar-refractivity contribution is -0.115. The molecule has 136 valence electrons. The molecular formula is C22H26N2O2. The third-order valence-electron chi connectivity index (χ3n) is 4.93. The summed E-state index contributed by atoms with van der Waals surface area (Å²) in [6, 6.07) is 13.4. The second-order valence-electron chi connectivity index (χ2n) is 7.05. The Bertz CT molecular complexity index is 808. The normalized spacial score (nSPS) is 14.2. The Hall–Kier alpha value is -2.62. The summed E-state index contributed by atoms with van der Waals surface area (Å²) in [4.78, 5) is 27.3. The molecule has 0 aliphatic carbocycles. The Morgan fingerprint density at radius 3 is 2.50 bits per heavy atom. The molecule has 0 spiro atoms. The number of rotatable bonds is 4. The first kappa shape index (κ1) is 18.2. The summed E-state index contributed by atoms with van der Waals surface area (Å²) < 4.78 is 0. The molecule has 2 aromatic carbocycles. The maximum absolute atomic E-state index is 12.8. The van der Waals surface area contributed by atoms with Crippen LogP contribution in [0.15, 0.2) is 42.5 Å². The Morgan fingerprint density at radius 1 is 1.00 bits per heavy atom. The lowest BCUT2D eigenvalue weighted by Crippen LogP contribution is -2.36. The van der Waals surface area contributed by atoms with Crippen molar-refractivity contribution in [1.29, 1.82) is 0 Å². The molecule has 0 bridgehead atoms. The van der Waals surface area contributed by atoms with Gasteiger partial charge in [0.1, 0.15) is 0 Å². The highest BCUT2D eigenvalue weighted by molar-refractivity contribution is 6.04. The fraction of sp³-hybridized carbons (Fsp3) is 0.364. The first-order valence-electron chi connectivity index (χ1n) is 9.29. The monoisotopic (exact) mass is 350 g/mol. The zero-order chi connectivity index (χ0) is 18.5. The molecule has 26 heavy (non-hydrogen) atoms. The molecule has 0 unspecified atom stereocenters. The van der Waals surface area contributed by atoms with Gasteiger partial charge in [0.05, 0.1) is 17.7 Å². The van der Waals surface area contributed by atoms with Gasteiger partial charge in [0, 0.05) is 13.1 Å². The van der Waals surface area contributed by atoms with Crippen molar-refractivity contribution in [3.05, 3.63) is 64.7 Å². The topological polar surface area (TPSA) is 49.4 Å². The lowest BCUT2D eigenvalue weighted by Gasteiger charge is -2.27. The molecule has 0 saturated carbocycles. The van der Waals surface area contributed by atoms with Gasteiger partial charge in [0.15, 0.2) is 0 Å². The van der Waals surface area contributed by atoms with Crippen LogP contribution < -0.4 is 5.32 Å². The smallest absolute Gasteiger partial charge is 0.255 e. The first-order valence-corrected chi connectivity index (χ1v) is 9.29. The van der Waals surface area contributed by atoms with E-state index >= 15 is 0 Å². The summed E-state index contributed by atoms with van der Waals surface area (Å²) >= 11 is 0. The van der Waals surface area contributed by atoms with E-state index in [1.54, 1.807) is 12.1 Å². The van der Waals surface area contributed by atoms with Gasteiger partial charge < -0.3 is 10.2 Å². The predicted octanol–water partition coefficient (Wildman–Crippen LogP) is 4.11. The number of hydrogen-bond donors (Lipinski definition) is 1. The van der Waals surface area contributed by atoms with Gasteiger partial charge in [-0.05, 0) is 56.4 Å². The second kappa shape index (κ2) is 8.17. The molecule has 1 fully saturated rings.